The monoisotopic (exact) mass is 376 g/mol. The Morgan fingerprint density at radius 3 is 2.41 bits per heavy atom. The highest BCUT2D eigenvalue weighted by atomic mass is 19.1. The van der Waals surface area contributed by atoms with Gasteiger partial charge in [-0.2, -0.15) is 0 Å². The van der Waals surface area contributed by atoms with Crippen molar-refractivity contribution in [1.82, 2.24) is 0 Å². The summed E-state index contributed by atoms with van der Waals surface area (Å²) in [4.78, 5) is 0. The molecule has 3 aliphatic rings. The lowest BCUT2D eigenvalue weighted by molar-refractivity contribution is 0.0693. The Morgan fingerprint density at radius 1 is 0.963 bits per heavy atom. The lowest BCUT2D eigenvalue weighted by Crippen LogP contribution is -2.35. The Labute approximate surface area is 162 Å². The molecule has 1 aromatic carbocycles. The van der Waals surface area contributed by atoms with Gasteiger partial charge >= 0.3 is 0 Å². The summed E-state index contributed by atoms with van der Waals surface area (Å²) in [6.07, 6.45) is 13.7. The first-order chi connectivity index (χ1) is 13.1. The molecule has 0 N–H and O–H groups in total. The van der Waals surface area contributed by atoms with Gasteiger partial charge in [0.1, 0.15) is 0 Å². The van der Waals surface area contributed by atoms with Gasteiger partial charge in [0.25, 0.3) is 0 Å². The molecular weight excluding hydrogens is 342 g/mol. The molecule has 0 aromatic heterocycles. The molecule has 2 saturated carbocycles. The number of rotatable bonds is 4. The summed E-state index contributed by atoms with van der Waals surface area (Å²) in [5, 5.41) is 0. The predicted octanol–water partition coefficient (Wildman–Crippen LogP) is 6.71. The Balaban J connectivity index is 1.42. The van der Waals surface area contributed by atoms with E-state index in [4.69, 9.17) is 4.74 Å². The van der Waals surface area contributed by atoms with E-state index in [1.165, 1.54) is 64.5 Å². The maximum atomic E-state index is 14.5. The SMILES string of the molecule is CCCC1CCC2CC(C3CCc4c(cc(F)c(OC)c4F)C3)CCC2C1. The largest absolute Gasteiger partial charge is 0.491 e. The summed E-state index contributed by atoms with van der Waals surface area (Å²) in [5.41, 5.74) is 1.58. The van der Waals surface area contributed by atoms with Gasteiger partial charge in [0, 0.05) is 0 Å². The standard InChI is InChI=1S/C24H34F2O/c1-3-4-15-5-6-17-12-18(8-7-16(17)11-15)19-9-10-21-20(13-19)14-22(25)24(27-2)23(21)26/h14-19H,3-13H2,1-2H3. The maximum absolute atomic E-state index is 14.5. The van der Waals surface area contributed by atoms with E-state index in [1.54, 1.807) is 0 Å². The van der Waals surface area contributed by atoms with E-state index < -0.39 is 11.6 Å². The number of fused-ring (bicyclic) bond motifs is 2. The molecule has 0 heterocycles. The number of benzene rings is 1. The molecule has 0 aliphatic heterocycles. The van der Waals surface area contributed by atoms with Crippen molar-refractivity contribution < 1.29 is 13.5 Å². The molecule has 1 nitrogen and oxygen atoms in total. The maximum Gasteiger partial charge on any atom is 0.190 e. The molecule has 5 atom stereocenters. The van der Waals surface area contributed by atoms with Gasteiger partial charge in [0.2, 0.25) is 0 Å². The van der Waals surface area contributed by atoms with Crippen LogP contribution in [0.4, 0.5) is 8.78 Å². The summed E-state index contributed by atoms with van der Waals surface area (Å²) < 4.78 is 33.6. The Morgan fingerprint density at radius 2 is 1.67 bits per heavy atom. The normalized spacial score (nSPS) is 33.3. The molecule has 4 rings (SSSR count). The molecule has 0 bridgehead atoms. The quantitative estimate of drug-likeness (QED) is 0.567. The molecule has 0 saturated heterocycles. The number of methoxy groups -OCH3 is 1. The average molecular weight is 377 g/mol. The fraction of sp³-hybridized carbons (Fsp3) is 0.750. The van der Waals surface area contributed by atoms with Crippen LogP contribution in [0, 0.1) is 41.2 Å². The summed E-state index contributed by atoms with van der Waals surface area (Å²) in [5.74, 6) is 2.93. The first-order valence-corrected chi connectivity index (χ1v) is 11.1. The van der Waals surface area contributed by atoms with Crippen LogP contribution in [0.2, 0.25) is 0 Å². The van der Waals surface area contributed by atoms with Crippen molar-refractivity contribution in [2.75, 3.05) is 7.11 Å². The molecule has 1 aromatic rings. The fourth-order valence-corrected chi connectivity index (χ4v) is 6.57. The highest BCUT2D eigenvalue weighted by Gasteiger charge is 2.39. The van der Waals surface area contributed by atoms with Gasteiger partial charge in [-0.3, -0.25) is 0 Å². The molecule has 3 aliphatic carbocycles. The average Bonchev–Trinajstić information content (AvgIpc) is 2.67. The van der Waals surface area contributed by atoms with Crippen molar-refractivity contribution in [3.63, 3.8) is 0 Å². The van der Waals surface area contributed by atoms with Gasteiger partial charge in [0.05, 0.1) is 7.11 Å². The summed E-state index contributed by atoms with van der Waals surface area (Å²) in [6.45, 7) is 2.31. The van der Waals surface area contributed by atoms with Gasteiger partial charge in [-0.1, -0.05) is 26.2 Å². The van der Waals surface area contributed by atoms with Crippen molar-refractivity contribution in [3.8, 4) is 5.75 Å². The first-order valence-electron chi connectivity index (χ1n) is 11.1. The van der Waals surface area contributed by atoms with Crippen molar-refractivity contribution in [1.29, 1.82) is 0 Å². The molecule has 27 heavy (non-hydrogen) atoms. The predicted molar refractivity (Wildman–Crippen MR) is 105 cm³/mol. The molecular formula is C24H34F2O. The second kappa shape index (κ2) is 8.09. The number of halogens is 2. The summed E-state index contributed by atoms with van der Waals surface area (Å²) in [7, 11) is 1.34. The van der Waals surface area contributed by atoms with Gasteiger partial charge in [-0.05, 0) is 98.1 Å². The highest BCUT2D eigenvalue weighted by molar-refractivity contribution is 5.40. The van der Waals surface area contributed by atoms with Crippen LogP contribution in [-0.4, -0.2) is 7.11 Å². The molecule has 0 radical (unpaired) electrons. The zero-order chi connectivity index (χ0) is 19.0. The van der Waals surface area contributed by atoms with Crippen LogP contribution in [0.25, 0.3) is 0 Å². The van der Waals surface area contributed by atoms with Crippen LogP contribution in [0.5, 0.6) is 5.75 Å². The van der Waals surface area contributed by atoms with Crippen molar-refractivity contribution in [2.45, 2.75) is 77.6 Å². The topological polar surface area (TPSA) is 9.23 Å². The minimum Gasteiger partial charge on any atom is -0.491 e. The molecule has 5 unspecified atom stereocenters. The van der Waals surface area contributed by atoms with Crippen molar-refractivity contribution in [2.24, 2.45) is 29.6 Å². The zero-order valence-electron chi connectivity index (χ0n) is 16.9. The summed E-state index contributed by atoms with van der Waals surface area (Å²) >= 11 is 0. The van der Waals surface area contributed by atoms with Gasteiger partial charge < -0.3 is 4.74 Å². The first kappa shape index (κ1) is 19.2. The molecule has 150 valence electrons. The van der Waals surface area contributed by atoms with E-state index in [2.05, 4.69) is 6.92 Å². The lowest BCUT2D eigenvalue weighted by atomic mass is 9.61. The van der Waals surface area contributed by atoms with Crippen molar-refractivity contribution >= 4 is 0 Å². The van der Waals surface area contributed by atoms with Crippen LogP contribution in [-0.2, 0) is 12.8 Å². The van der Waals surface area contributed by atoms with Crippen molar-refractivity contribution in [3.05, 3.63) is 28.8 Å². The van der Waals surface area contributed by atoms with E-state index in [1.807, 2.05) is 0 Å². The van der Waals surface area contributed by atoms with Crippen LogP contribution < -0.4 is 4.74 Å². The minimum absolute atomic E-state index is 0.212. The van der Waals surface area contributed by atoms with Gasteiger partial charge in [0.15, 0.2) is 17.4 Å². The van der Waals surface area contributed by atoms with Crippen LogP contribution >= 0.6 is 0 Å². The van der Waals surface area contributed by atoms with Crippen LogP contribution in [0.15, 0.2) is 6.07 Å². The second-order valence-electron chi connectivity index (χ2n) is 9.41. The Kier molecular flexibility index (Phi) is 5.75. The molecule has 2 fully saturated rings. The molecule has 3 heteroatoms. The van der Waals surface area contributed by atoms with E-state index in [-0.39, 0.29) is 5.75 Å². The van der Waals surface area contributed by atoms with Gasteiger partial charge in [-0.25, -0.2) is 8.78 Å². The summed E-state index contributed by atoms with van der Waals surface area (Å²) in [6, 6.07) is 1.53. The molecule has 0 amide bonds. The van der Waals surface area contributed by atoms with Crippen LogP contribution in [0.3, 0.4) is 0 Å². The van der Waals surface area contributed by atoms with E-state index in [9.17, 15) is 8.78 Å². The Hall–Kier alpha value is -1.12. The zero-order valence-corrected chi connectivity index (χ0v) is 16.9. The third-order valence-electron chi connectivity index (χ3n) is 7.95. The van der Waals surface area contributed by atoms with Crippen LogP contribution in [0.1, 0.15) is 75.8 Å². The third kappa shape index (κ3) is 3.76. The second-order valence-corrected chi connectivity index (χ2v) is 9.41. The smallest absolute Gasteiger partial charge is 0.190 e. The van der Waals surface area contributed by atoms with Gasteiger partial charge in [-0.15, -0.1) is 0 Å². The third-order valence-corrected chi connectivity index (χ3v) is 7.95. The Bertz CT molecular complexity index is 671. The number of ether oxygens (including phenoxy) is 1. The highest BCUT2D eigenvalue weighted by Crippen LogP contribution is 2.49. The fourth-order valence-electron chi connectivity index (χ4n) is 6.57. The van der Waals surface area contributed by atoms with E-state index in [0.29, 0.717) is 11.5 Å². The number of hydrogen-bond acceptors (Lipinski definition) is 1. The lowest BCUT2D eigenvalue weighted by Gasteiger charge is -2.45. The number of hydrogen-bond donors (Lipinski definition) is 0. The van der Waals surface area contributed by atoms with E-state index >= 15 is 0 Å². The van der Waals surface area contributed by atoms with E-state index in [0.717, 1.165) is 48.5 Å². The molecule has 0 spiro atoms. The minimum atomic E-state index is -0.549.